The summed E-state index contributed by atoms with van der Waals surface area (Å²) in [5, 5.41) is 3.57. The molecule has 6 heteroatoms. The molecule has 21 heavy (non-hydrogen) atoms. The number of hydrogen-bond donors (Lipinski definition) is 1. The van der Waals surface area contributed by atoms with Crippen LogP contribution in [0.5, 0.6) is 0 Å². The first-order chi connectivity index (χ1) is 9.95. The van der Waals surface area contributed by atoms with E-state index in [1.165, 1.54) is 0 Å². The third-order valence-electron chi connectivity index (χ3n) is 3.94. The van der Waals surface area contributed by atoms with Gasteiger partial charge in [-0.25, -0.2) is 4.98 Å². The van der Waals surface area contributed by atoms with E-state index in [0.29, 0.717) is 12.6 Å². The number of hydrogen-bond acceptors (Lipinski definition) is 5. The maximum atomic E-state index is 11.7. The van der Waals surface area contributed by atoms with Crippen LogP contribution >= 0.6 is 0 Å². The van der Waals surface area contributed by atoms with E-state index in [2.05, 4.69) is 22.1 Å². The Hall–Kier alpha value is -1.40. The van der Waals surface area contributed by atoms with Gasteiger partial charge in [-0.05, 0) is 26.7 Å². The molecule has 1 aliphatic rings. The highest BCUT2D eigenvalue weighted by Gasteiger charge is 2.23. The van der Waals surface area contributed by atoms with Crippen LogP contribution in [0.25, 0.3) is 0 Å². The lowest BCUT2D eigenvalue weighted by Gasteiger charge is -2.33. The van der Waals surface area contributed by atoms with Crippen molar-refractivity contribution in [1.29, 1.82) is 0 Å². The van der Waals surface area contributed by atoms with Gasteiger partial charge in [0.15, 0.2) is 0 Å². The van der Waals surface area contributed by atoms with Crippen molar-refractivity contribution < 1.29 is 9.21 Å². The molecule has 1 amide bonds. The van der Waals surface area contributed by atoms with Crippen molar-refractivity contribution in [2.45, 2.75) is 38.8 Å². The number of oxazole rings is 1. The van der Waals surface area contributed by atoms with Gasteiger partial charge in [-0.1, -0.05) is 0 Å². The Morgan fingerprint density at radius 3 is 2.71 bits per heavy atom. The molecular weight excluding hydrogens is 268 g/mol. The Balaban J connectivity index is 1.75. The van der Waals surface area contributed by atoms with E-state index < -0.39 is 0 Å². The van der Waals surface area contributed by atoms with Gasteiger partial charge in [-0.3, -0.25) is 9.69 Å². The first-order valence-electron chi connectivity index (χ1n) is 7.56. The van der Waals surface area contributed by atoms with Crippen LogP contribution in [0.1, 0.15) is 37.5 Å². The van der Waals surface area contributed by atoms with E-state index in [1.807, 2.05) is 6.92 Å². The number of piperidine rings is 1. The van der Waals surface area contributed by atoms with E-state index in [-0.39, 0.29) is 11.9 Å². The molecule has 2 heterocycles. The lowest BCUT2D eigenvalue weighted by atomic mass is 10.0. The number of nitrogens with one attached hydrogen (secondary N) is 1. The minimum Gasteiger partial charge on any atom is -0.444 e. The molecule has 0 bridgehead atoms. The minimum absolute atomic E-state index is 0.124. The Bertz CT molecular complexity index is 464. The van der Waals surface area contributed by atoms with Crippen LogP contribution in [0, 0.1) is 6.92 Å². The summed E-state index contributed by atoms with van der Waals surface area (Å²) >= 11 is 0. The fourth-order valence-corrected chi connectivity index (χ4v) is 2.59. The Morgan fingerprint density at radius 1 is 1.52 bits per heavy atom. The molecule has 2 rings (SSSR count). The molecule has 1 aromatic rings. The number of likely N-dealkylation sites (N-methyl/N-ethyl adjacent to an activating group) is 1. The first-order valence-corrected chi connectivity index (χ1v) is 7.56. The van der Waals surface area contributed by atoms with Crippen LogP contribution in [0.4, 0.5) is 0 Å². The van der Waals surface area contributed by atoms with Crippen LogP contribution in [-0.2, 0) is 4.79 Å². The molecule has 0 spiro atoms. The smallest absolute Gasteiger partial charge is 0.236 e. The molecule has 1 saturated heterocycles. The van der Waals surface area contributed by atoms with Crippen molar-refractivity contribution in [3.63, 3.8) is 0 Å². The maximum absolute atomic E-state index is 11.7. The molecule has 1 aliphatic heterocycles. The van der Waals surface area contributed by atoms with Crippen molar-refractivity contribution in [2.24, 2.45) is 0 Å². The van der Waals surface area contributed by atoms with Crippen molar-refractivity contribution in [3.8, 4) is 0 Å². The lowest BCUT2D eigenvalue weighted by Crippen LogP contribution is -2.46. The molecule has 1 fully saturated rings. The van der Waals surface area contributed by atoms with Crippen molar-refractivity contribution in [3.05, 3.63) is 17.8 Å². The molecular formula is C15H26N4O2. The predicted octanol–water partition coefficient (Wildman–Crippen LogP) is 1.19. The minimum atomic E-state index is 0.124. The zero-order valence-corrected chi connectivity index (χ0v) is 13.4. The van der Waals surface area contributed by atoms with Gasteiger partial charge in [-0.15, -0.1) is 0 Å². The SMILES string of the molecule is Cc1cnc(C(C)NC2CCN(CC(=O)N(C)C)CC2)o1. The van der Waals surface area contributed by atoms with Crippen LogP contribution in [-0.4, -0.2) is 60.5 Å². The molecule has 1 atom stereocenters. The summed E-state index contributed by atoms with van der Waals surface area (Å²) in [6.45, 7) is 6.41. The number of nitrogens with zero attached hydrogens (tertiary/aromatic N) is 3. The van der Waals surface area contributed by atoms with Gasteiger partial charge in [-0.2, -0.15) is 0 Å². The van der Waals surface area contributed by atoms with Crippen LogP contribution in [0.2, 0.25) is 0 Å². The Kier molecular flexibility index (Phi) is 5.36. The summed E-state index contributed by atoms with van der Waals surface area (Å²) < 4.78 is 5.55. The number of aromatic nitrogens is 1. The number of likely N-dealkylation sites (tertiary alicyclic amines) is 1. The summed E-state index contributed by atoms with van der Waals surface area (Å²) in [7, 11) is 3.60. The zero-order valence-electron chi connectivity index (χ0n) is 13.4. The van der Waals surface area contributed by atoms with Crippen LogP contribution < -0.4 is 5.32 Å². The zero-order chi connectivity index (χ0) is 15.4. The summed E-state index contributed by atoms with van der Waals surface area (Å²) in [4.78, 5) is 19.8. The van der Waals surface area contributed by atoms with E-state index in [9.17, 15) is 4.79 Å². The van der Waals surface area contributed by atoms with Gasteiger partial charge in [0.2, 0.25) is 11.8 Å². The second kappa shape index (κ2) is 7.04. The topological polar surface area (TPSA) is 61.6 Å². The summed E-state index contributed by atoms with van der Waals surface area (Å²) in [5.41, 5.74) is 0. The largest absolute Gasteiger partial charge is 0.444 e. The van der Waals surface area contributed by atoms with Gasteiger partial charge in [0.1, 0.15) is 5.76 Å². The Morgan fingerprint density at radius 2 is 2.19 bits per heavy atom. The van der Waals surface area contributed by atoms with Crippen LogP contribution in [0.15, 0.2) is 10.6 Å². The number of aryl methyl sites for hydroxylation is 1. The number of amides is 1. The number of carbonyl (C=O) groups excluding carboxylic acids is 1. The summed E-state index contributed by atoms with van der Waals surface area (Å²) in [6.07, 6.45) is 3.85. The highest BCUT2D eigenvalue weighted by atomic mass is 16.4. The predicted molar refractivity (Wildman–Crippen MR) is 80.9 cm³/mol. The van der Waals surface area contributed by atoms with E-state index >= 15 is 0 Å². The highest BCUT2D eigenvalue weighted by Crippen LogP contribution is 2.17. The second-order valence-electron chi connectivity index (χ2n) is 6.04. The van der Waals surface area contributed by atoms with Gasteiger partial charge >= 0.3 is 0 Å². The fourth-order valence-electron chi connectivity index (χ4n) is 2.59. The molecule has 0 radical (unpaired) electrons. The maximum Gasteiger partial charge on any atom is 0.236 e. The molecule has 0 saturated carbocycles. The monoisotopic (exact) mass is 294 g/mol. The molecule has 1 aromatic heterocycles. The average molecular weight is 294 g/mol. The van der Waals surface area contributed by atoms with Crippen molar-refractivity contribution in [1.82, 2.24) is 20.1 Å². The summed E-state index contributed by atoms with van der Waals surface area (Å²) in [5.74, 6) is 1.76. The number of rotatable bonds is 5. The fraction of sp³-hybridized carbons (Fsp3) is 0.733. The quantitative estimate of drug-likeness (QED) is 0.884. The first kappa shape index (κ1) is 16.0. The average Bonchev–Trinajstić information content (AvgIpc) is 2.87. The molecule has 1 unspecified atom stereocenters. The van der Waals surface area contributed by atoms with Crippen molar-refractivity contribution >= 4 is 5.91 Å². The number of carbonyl (C=O) groups is 1. The third-order valence-corrected chi connectivity index (χ3v) is 3.94. The van der Waals surface area contributed by atoms with E-state index in [0.717, 1.165) is 37.6 Å². The highest BCUT2D eigenvalue weighted by molar-refractivity contribution is 5.77. The molecule has 1 N–H and O–H groups in total. The molecule has 0 aromatic carbocycles. The van der Waals surface area contributed by atoms with Gasteiger partial charge < -0.3 is 14.6 Å². The van der Waals surface area contributed by atoms with Crippen LogP contribution in [0.3, 0.4) is 0 Å². The van der Waals surface area contributed by atoms with E-state index in [1.54, 1.807) is 25.2 Å². The van der Waals surface area contributed by atoms with Gasteiger partial charge in [0, 0.05) is 33.2 Å². The van der Waals surface area contributed by atoms with Crippen molar-refractivity contribution in [2.75, 3.05) is 33.7 Å². The molecule has 118 valence electrons. The molecule has 0 aliphatic carbocycles. The third kappa shape index (κ3) is 4.54. The van der Waals surface area contributed by atoms with Gasteiger partial charge in [0.25, 0.3) is 0 Å². The second-order valence-corrected chi connectivity index (χ2v) is 6.04. The van der Waals surface area contributed by atoms with Gasteiger partial charge in [0.05, 0.1) is 18.8 Å². The normalized spacial score (nSPS) is 18.7. The summed E-state index contributed by atoms with van der Waals surface area (Å²) in [6, 6.07) is 0.580. The standard InChI is InChI=1S/C15H26N4O2/c1-11-9-16-15(21-11)12(2)17-13-5-7-19(8-6-13)10-14(20)18(3)4/h9,12-13,17H,5-8,10H2,1-4H3. The Labute approximate surface area is 126 Å². The lowest BCUT2D eigenvalue weighted by molar-refractivity contribution is -0.130. The molecule has 6 nitrogen and oxygen atoms in total. The van der Waals surface area contributed by atoms with E-state index in [4.69, 9.17) is 4.42 Å².